The Kier molecular flexibility index (Phi) is 5.17. The van der Waals surface area contributed by atoms with Gasteiger partial charge in [-0.3, -0.25) is 0 Å². The van der Waals surface area contributed by atoms with Gasteiger partial charge in [-0.25, -0.2) is 17.1 Å². The number of ether oxygens (including phenoxy) is 1. The van der Waals surface area contributed by atoms with E-state index < -0.39 is 21.1 Å². The minimum atomic E-state index is -3.44. The number of sulfonamides is 1. The summed E-state index contributed by atoms with van der Waals surface area (Å²) in [4.78, 5) is 0. The van der Waals surface area contributed by atoms with Crippen LogP contribution in [0.1, 0.15) is 0 Å². The molecular weight excluding hydrogens is 269 g/mol. The number of likely N-dealkylation sites (N-methyl/N-ethyl adjacent to an activating group) is 1. The molecule has 0 bridgehead atoms. The topological polar surface area (TPSA) is 46.6 Å². The molecule has 0 aliphatic rings. The molecule has 0 aliphatic heterocycles. The van der Waals surface area contributed by atoms with E-state index in [0.29, 0.717) is 0 Å². The van der Waals surface area contributed by atoms with Crippen molar-refractivity contribution in [2.75, 3.05) is 25.4 Å². The van der Waals surface area contributed by atoms with E-state index in [9.17, 15) is 12.8 Å². The van der Waals surface area contributed by atoms with Crippen molar-refractivity contribution in [1.82, 2.24) is 4.31 Å². The highest BCUT2D eigenvalue weighted by molar-refractivity contribution is 7.90. The van der Waals surface area contributed by atoms with Gasteiger partial charge in [-0.2, -0.15) is 0 Å². The molecule has 4 nitrogen and oxygen atoms in total. The maximum absolute atomic E-state index is 13.1. The Morgan fingerprint density at radius 2 is 2.06 bits per heavy atom. The maximum atomic E-state index is 13.1. The Balaban J connectivity index is 2.47. The van der Waals surface area contributed by atoms with Gasteiger partial charge < -0.3 is 4.74 Å². The minimum absolute atomic E-state index is 0.0630. The monoisotopic (exact) mass is 281 g/mol. The molecule has 1 rings (SSSR count). The third kappa shape index (κ3) is 4.14. The van der Waals surface area contributed by atoms with E-state index in [1.165, 1.54) is 19.2 Å². The SMILES string of the molecule is CN(CCOc1ccccc1F)S(=O)(=O)CCl. The van der Waals surface area contributed by atoms with Gasteiger partial charge in [0.15, 0.2) is 11.6 Å². The van der Waals surface area contributed by atoms with Crippen molar-refractivity contribution in [2.45, 2.75) is 0 Å². The lowest BCUT2D eigenvalue weighted by Gasteiger charge is -2.15. The molecule has 17 heavy (non-hydrogen) atoms. The van der Waals surface area contributed by atoms with Gasteiger partial charge in [-0.1, -0.05) is 12.1 Å². The van der Waals surface area contributed by atoms with Crippen LogP contribution in [0, 0.1) is 5.82 Å². The highest BCUT2D eigenvalue weighted by Crippen LogP contribution is 2.15. The van der Waals surface area contributed by atoms with Crippen molar-refractivity contribution < 1.29 is 17.5 Å². The zero-order chi connectivity index (χ0) is 12.9. The summed E-state index contributed by atoms with van der Waals surface area (Å²) in [6.45, 7) is 0.178. The minimum Gasteiger partial charge on any atom is -0.489 e. The van der Waals surface area contributed by atoms with E-state index in [4.69, 9.17) is 16.3 Å². The molecule has 0 saturated carbocycles. The lowest BCUT2D eigenvalue weighted by atomic mass is 10.3. The van der Waals surface area contributed by atoms with Gasteiger partial charge in [0.1, 0.15) is 11.8 Å². The standard InChI is InChI=1S/C10H13ClFNO3S/c1-13(17(14,15)8-11)6-7-16-10-5-3-2-4-9(10)12/h2-5H,6-8H2,1H3. The fourth-order valence-corrected chi connectivity index (χ4v) is 2.09. The first kappa shape index (κ1) is 14.2. The van der Waals surface area contributed by atoms with Gasteiger partial charge in [-0.15, -0.1) is 11.6 Å². The van der Waals surface area contributed by atoms with Crippen LogP contribution < -0.4 is 4.74 Å². The van der Waals surface area contributed by atoms with E-state index in [-0.39, 0.29) is 18.9 Å². The molecule has 1 aromatic rings. The summed E-state index contributed by atoms with van der Waals surface area (Å²) in [5.74, 6) is -0.375. The number of hydrogen-bond acceptors (Lipinski definition) is 3. The smallest absolute Gasteiger partial charge is 0.228 e. The first-order valence-electron chi connectivity index (χ1n) is 4.84. The quantitative estimate of drug-likeness (QED) is 0.745. The van der Waals surface area contributed by atoms with Gasteiger partial charge >= 0.3 is 0 Å². The maximum Gasteiger partial charge on any atom is 0.228 e. The fraction of sp³-hybridized carbons (Fsp3) is 0.400. The normalized spacial score (nSPS) is 11.8. The van der Waals surface area contributed by atoms with Crippen LogP contribution in [0.2, 0.25) is 0 Å². The highest BCUT2D eigenvalue weighted by atomic mass is 35.5. The Labute approximate surface area is 105 Å². The summed E-state index contributed by atoms with van der Waals surface area (Å²) in [5.41, 5.74) is 0. The van der Waals surface area contributed by atoms with Crippen LogP contribution in [0.3, 0.4) is 0 Å². The fourth-order valence-electron chi connectivity index (χ4n) is 1.07. The van der Waals surface area contributed by atoms with E-state index in [0.717, 1.165) is 4.31 Å². The lowest BCUT2D eigenvalue weighted by Crippen LogP contribution is -2.31. The van der Waals surface area contributed by atoms with Gasteiger partial charge in [0.05, 0.1) is 0 Å². The molecule has 0 saturated heterocycles. The van der Waals surface area contributed by atoms with E-state index in [1.807, 2.05) is 0 Å². The molecule has 0 spiro atoms. The van der Waals surface area contributed by atoms with Gasteiger partial charge in [-0.05, 0) is 12.1 Å². The van der Waals surface area contributed by atoms with Crippen LogP contribution in [0.25, 0.3) is 0 Å². The predicted octanol–water partition coefficient (Wildman–Crippen LogP) is 1.66. The number of hydrogen-bond donors (Lipinski definition) is 0. The molecule has 0 aliphatic carbocycles. The van der Waals surface area contributed by atoms with Crippen molar-refractivity contribution in [3.63, 3.8) is 0 Å². The number of alkyl halides is 1. The van der Waals surface area contributed by atoms with Crippen LogP contribution in [0.4, 0.5) is 4.39 Å². The van der Waals surface area contributed by atoms with Crippen LogP contribution in [0.5, 0.6) is 5.75 Å². The van der Waals surface area contributed by atoms with Crippen molar-refractivity contribution in [2.24, 2.45) is 0 Å². The number of benzene rings is 1. The number of para-hydroxylation sites is 1. The Hall–Kier alpha value is -0.850. The third-order valence-electron chi connectivity index (χ3n) is 2.11. The Morgan fingerprint density at radius 3 is 2.65 bits per heavy atom. The van der Waals surface area contributed by atoms with Crippen molar-refractivity contribution >= 4 is 21.6 Å². The van der Waals surface area contributed by atoms with Crippen LogP contribution in [-0.4, -0.2) is 38.1 Å². The molecule has 0 aromatic heterocycles. The summed E-state index contributed by atoms with van der Waals surface area (Å²) >= 11 is 5.28. The van der Waals surface area contributed by atoms with Crippen LogP contribution >= 0.6 is 11.6 Å². The summed E-state index contributed by atoms with van der Waals surface area (Å²) in [5, 5.41) is -0.483. The molecule has 0 unspecified atom stereocenters. The molecule has 0 N–H and O–H groups in total. The van der Waals surface area contributed by atoms with Gasteiger partial charge in [0, 0.05) is 13.6 Å². The average Bonchev–Trinajstić information content (AvgIpc) is 2.31. The third-order valence-corrected chi connectivity index (χ3v) is 4.35. The largest absolute Gasteiger partial charge is 0.489 e. The van der Waals surface area contributed by atoms with Crippen LogP contribution in [-0.2, 0) is 10.0 Å². The molecular formula is C10H13ClFNO3S. The van der Waals surface area contributed by atoms with E-state index >= 15 is 0 Å². The number of rotatable bonds is 6. The summed E-state index contributed by atoms with van der Waals surface area (Å²) in [7, 11) is -2.05. The zero-order valence-corrected chi connectivity index (χ0v) is 10.8. The number of halogens is 2. The second-order valence-corrected chi connectivity index (χ2v) is 5.98. The van der Waals surface area contributed by atoms with Crippen molar-refractivity contribution in [3.05, 3.63) is 30.1 Å². The molecule has 96 valence electrons. The summed E-state index contributed by atoms with van der Waals surface area (Å²) in [6.07, 6.45) is 0. The molecule has 0 fully saturated rings. The zero-order valence-electron chi connectivity index (χ0n) is 9.27. The molecule has 0 amide bonds. The number of nitrogens with zero attached hydrogens (tertiary/aromatic N) is 1. The second-order valence-electron chi connectivity index (χ2n) is 3.32. The van der Waals surface area contributed by atoms with E-state index in [1.54, 1.807) is 12.1 Å². The summed E-state index contributed by atoms with van der Waals surface area (Å²) in [6, 6.07) is 5.93. The van der Waals surface area contributed by atoms with Crippen molar-refractivity contribution in [1.29, 1.82) is 0 Å². The molecule has 0 radical (unpaired) electrons. The van der Waals surface area contributed by atoms with E-state index in [2.05, 4.69) is 0 Å². The van der Waals surface area contributed by atoms with Crippen molar-refractivity contribution in [3.8, 4) is 5.75 Å². The van der Waals surface area contributed by atoms with Gasteiger partial charge in [0.2, 0.25) is 10.0 Å². The molecule has 0 heterocycles. The molecule has 7 heteroatoms. The first-order chi connectivity index (χ1) is 7.97. The molecule has 1 aromatic carbocycles. The highest BCUT2D eigenvalue weighted by Gasteiger charge is 2.15. The average molecular weight is 282 g/mol. The Bertz CT molecular complexity index is 466. The van der Waals surface area contributed by atoms with Crippen LogP contribution in [0.15, 0.2) is 24.3 Å². The lowest BCUT2D eigenvalue weighted by molar-refractivity contribution is 0.275. The Morgan fingerprint density at radius 1 is 1.41 bits per heavy atom. The predicted molar refractivity (Wildman–Crippen MR) is 64.2 cm³/mol. The molecule has 0 atom stereocenters. The first-order valence-corrected chi connectivity index (χ1v) is 6.99. The van der Waals surface area contributed by atoms with Gasteiger partial charge in [0.25, 0.3) is 0 Å². The second kappa shape index (κ2) is 6.18. The summed E-state index contributed by atoms with van der Waals surface area (Å²) < 4.78 is 41.9.